The number of nitrogens with zero attached hydrogens (tertiary/aromatic N) is 2. The van der Waals surface area contributed by atoms with Crippen molar-refractivity contribution >= 4 is 22.6 Å². The smallest absolute Gasteiger partial charge is 0.307 e. The van der Waals surface area contributed by atoms with Crippen molar-refractivity contribution in [3.8, 4) is 0 Å². The highest BCUT2D eigenvalue weighted by Gasteiger charge is 2.12. The van der Waals surface area contributed by atoms with Crippen molar-refractivity contribution in [2.75, 3.05) is 10.7 Å². The van der Waals surface area contributed by atoms with E-state index in [4.69, 9.17) is 0 Å². The molecule has 0 spiro atoms. The van der Waals surface area contributed by atoms with Gasteiger partial charge in [0.2, 0.25) is 0 Å². The van der Waals surface area contributed by atoms with Gasteiger partial charge in [-0.3, -0.25) is 4.79 Å². The van der Waals surface area contributed by atoms with Gasteiger partial charge >= 0.3 is 6.03 Å². The van der Waals surface area contributed by atoms with Gasteiger partial charge in [-0.25, -0.2) is 19.9 Å². The molecule has 2 amide bonds. The molecular weight excluding hydrogens is 304 g/mol. The van der Waals surface area contributed by atoms with Crippen molar-refractivity contribution in [1.29, 1.82) is 0 Å². The number of carbonyl (C=O) groups excluding carboxylic acids is 1. The van der Waals surface area contributed by atoms with Gasteiger partial charge in [-0.15, -0.1) is 0 Å². The topological polar surface area (TPSA) is 76.0 Å². The maximum absolute atomic E-state index is 12.6. The lowest BCUT2D eigenvalue weighted by molar-refractivity contribution is 0.259. The third kappa shape index (κ3) is 3.12. The second kappa shape index (κ2) is 6.54. The molecule has 0 aliphatic heterocycles. The van der Waals surface area contributed by atoms with Gasteiger partial charge in [-0.05, 0) is 31.2 Å². The van der Waals surface area contributed by atoms with Crippen LogP contribution in [0.25, 0.3) is 10.9 Å². The van der Waals surface area contributed by atoms with Gasteiger partial charge in [0.1, 0.15) is 5.82 Å². The molecule has 6 heteroatoms. The van der Waals surface area contributed by atoms with E-state index in [0.717, 1.165) is 5.56 Å². The fraction of sp³-hybridized carbons (Fsp3) is 0.167. The Kier molecular flexibility index (Phi) is 4.29. The molecule has 122 valence electrons. The Hall–Kier alpha value is -3.15. The zero-order chi connectivity index (χ0) is 17.1. The van der Waals surface area contributed by atoms with Gasteiger partial charge in [0, 0.05) is 12.1 Å². The number of nitrogens with one attached hydrogen (secondary N) is 2. The van der Waals surface area contributed by atoms with Crippen LogP contribution in [0, 0.1) is 6.92 Å². The summed E-state index contributed by atoms with van der Waals surface area (Å²) >= 11 is 0. The molecule has 3 aromatic rings. The first-order valence-electron chi connectivity index (χ1n) is 7.74. The van der Waals surface area contributed by atoms with Gasteiger partial charge < -0.3 is 5.32 Å². The third-order valence-electron chi connectivity index (χ3n) is 3.68. The molecule has 6 nitrogen and oxygen atoms in total. The van der Waals surface area contributed by atoms with Crippen LogP contribution in [0.4, 0.5) is 10.5 Å². The van der Waals surface area contributed by atoms with Gasteiger partial charge in [0.05, 0.1) is 10.9 Å². The van der Waals surface area contributed by atoms with Crippen LogP contribution in [0.15, 0.2) is 53.3 Å². The summed E-state index contributed by atoms with van der Waals surface area (Å²) in [6.45, 7) is 3.85. The Morgan fingerprint density at radius 2 is 1.83 bits per heavy atom. The van der Waals surface area contributed by atoms with Crippen molar-refractivity contribution in [2.24, 2.45) is 0 Å². The van der Waals surface area contributed by atoms with Crippen molar-refractivity contribution in [2.45, 2.75) is 20.3 Å². The Balaban J connectivity index is 1.91. The van der Waals surface area contributed by atoms with Crippen LogP contribution < -0.4 is 16.3 Å². The normalized spacial score (nSPS) is 10.6. The molecule has 0 atom stereocenters. The molecule has 1 aromatic heterocycles. The number of rotatable bonds is 3. The molecule has 0 unspecified atom stereocenters. The minimum atomic E-state index is -0.493. The molecule has 0 radical (unpaired) electrons. The minimum Gasteiger partial charge on any atom is -0.307 e. The predicted octanol–water partition coefficient (Wildman–Crippen LogP) is 3.04. The van der Waals surface area contributed by atoms with Crippen LogP contribution in [0.2, 0.25) is 0 Å². The Morgan fingerprint density at radius 1 is 1.12 bits per heavy atom. The van der Waals surface area contributed by atoms with Gasteiger partial charge in [-0.2, -0.15) is 0 Å². The number of amides is 2. The van der Waals surface area contributed by atoms with E-state index in [-0.39, 0.29) is 5.56 Å². The van der Waals surface area contributed by atoms with E-state index >= 15 is 0 Å². The molecule has 0 aliphatic rings. The summed E-state index contributed by atoms with van der Waals surface area (Å²) in [5.74, 6) is 0.498. The van der Waals surface area contributed by atoms with E-state index in [2.05, 4.69) is 15.7 Å². The van der Waals surface area contributed by atoms with Crippen LogP contribution >= 0.6 is 0 Å². The summed E-state index contributed by atoms with van der Waals surface area (Å²) in [5.41, 5.74) is 4.66. The second-order valence-electron chi connectivity index (χ2n) is 5.47. The standard InChI is InChI=1S/C18H18N4O2/c1-3-16-20-15-7-5-4-6-14(15)17(23)22(16)21-18(24)19-13-10-8-12(2)9-11-13/h4-11H,3H2,1-2H3,(H2,19,21,24). The Morgan fingerprint density at radius 3 is 2.54 bits per heavy atom. The molecule has 0 aliphatic carbocycles. The average molecular weight is 322 g/mol. The average Bonchev–Trinajstić information content (AvgIpc) is 2.59. The lowest BCUT2D eigenvalue weighted by Gasteiger charge is -2.14. The number of urea groups is 1. The summed E-state index contributed by atoms with van der Waals surface area (Å²) in [7, 11) is 0. The monoisotopic (exact) mass is 322 g/mol. The summed E-state index contributed by atoms with van der Waals surface area (Å²) in [4.78, 5) is 29.3. The molecule has 0 saturated carbocycles. The zero-order valence-electron chi connectivity index (χ0n) is 13.5. The van der Waals surface area contributed by atoms with E-state index in [9.17, 15) is 9.59 Å². The molecule has 0 fully saturated rings. The molecule has 0 saturated heterocycles. The first-order valence-corrected chi connectivity index (χ1v) is 7.74. The molecule has 3 rings (SSSR count). The molecule has 0 bridgehead atoms. The number of anilines is 1. The minimum absolute atomic E-state index is 0.295. The number of fused-ring (bicyclic) bond motifs is 1. The Bertz CT molecular complexity index is 945. The third-order valence-corrected chi connectivity index (χ3v) is 3.68. The van der Waals surface area contributed by atoms with Gasteiger partial charge in [0.15, 0.2) is 0 Å². The molecule has 2 aromatic carbocycles. The molecular formula is C18H18N4O2. The van der Waals surface area contributed by atoms with Crippen LogP contribution in [0.1, 0.15) is 18.3 Å². The van der Waals surface area contributed by atoms with Crippen molar-refractivity contribution < 1.29 is 4.79 Å². The number of aromatic nitrogens is 2. The Labute approximate surface area is 139 Å². The van der Waals surface area contributed by atoms with E-state index in [0.29, 0.717) is 28.8 Å². The summed E-state index contributed by atoms with van der Waals surface area (Å²) in [6.07, 6.45) is 0.519. The SMILES string of the molecule is CCc1nc2ccccc2c(=O)n1NC(=O)Nc1ccc(C)cc1. The number of hydrogen-bond acceptors (Lipinski definition) is 3. The molecule has 2 N–H and O–H groups in total. The quantitative estimate of drug-likeness (QED) is 0.778. The van der Waals surface area contributed by atoms with Crippen LogP contribution in [-0.2, 0) is 6.42 Å². The number of benzene rings is 2. The van der Waals surface area contributed by atoms with Gasteiger partial charge in [-0.1, -0.05) is 36.8 Å². The first-order chi connectivity index (χ1) is 11.6. The van der Waals surface area contributed by atoms with Crippen LogP contribution in [-0.4, -0.2) is 15.7 Å². The van der Waals surface area contributed by atoms with E-state index in [1.54, 1.807) is 30.3 Å². The van der Waals surface area contributed by atoms with Crippen LogP contribution in [0.3, 0.4) is 0 Å². The summed E-state index contributed by atoms with van der Waals surface area (Å²) in [6, 6.07) is 14.0. The zero-order valence-corrected chi connectivity index (χ0v) is 13.5. The van der Waals surface area contributed by atoms with E-state index in [1.165, 1.54) is 4.68 Å². The van der Waals surface area contributed by atoms with Gasteiger partial charge in [0.25, 0.3) is 5.56 Å². The summed E-state index contributed by atoms with van der Waals surface area (Å²) < 4.78 is 1.20. The fourth-order valence-electron chi connectivity index (χ4n) is 2.43. The second-order valence-corrected chi connectivity index (χ2v) is 5.47. The summed E-state index contributed by atoms with van der Waals surface area (Å²) in [5, 5.41) is 3.17. The van der Waals surface area contributed by atoms with E-state index < -0.39 is 6.03 Å². The van der Waals surface area contributed by atoms with Crippen molar-refractivity contribution in [3.63, 3.8) is 0 Å². The highest BCUT2D eigenvalue weighted by Crippen LogP contribution is 2.09. The predicted molar refractivity (Wildman–Crippen MR) is 94.9 cm³/mol. The maximum Gasteiger partial charge on any atom is 0.338 e. The number of aryl methyl sites for hydroxylation is 2. The van der Waals surface area contributed by atoms with Crippen molar-refractivity contribution in [3.05, 3.63) is 70.3 Å². The maximum atomic E-state index is 12.6. The number of carbonyl (C=O) groups is 1. The fourth-order valence-corrected chi connectivity index (χ4v) is 2.43. The number of para-hydroxylation sites is 1. The lowest BCUT2D eigenvalue weighted by atomic mass is 10.2. The van der Waals surface area contributed by atoms with Crippen molar-refractivity contribution in [1.82, 2.24) is 9.66 Å². The molecule has 24 heavy (non-hydrogen) atoms. The van der Waals surface area contributed by atoms with Crippen LogP contribution in [0.5, 0.6) is 0 Å². The largest absolute Gasteiger partial charge is 0.338 e. The highest BCUT2D eigenvalue weighted by atomic mass is 16.2. The highest BCUT2D eigenvalue weighted by molar-refractivity contribution is 5.95. The van der Waals surface area contributed by atoms with E-state index in [1.807, 2.05) is 32.0 Å². The molecule has 1 heterocycles. The first kappa shape index (κ1) is 15.7. The number of hydrogen-bond donors (Lipinski definition) is 2. The lowest BCUT2D eigenvalue weighted by Crippen LogP contribution is -2.38.